The first kappa shape index (κ1) is 14.5. The summed E-state index contributed by atoms with van der Waals surface area (Å²) in [5, 5.41) is 0.984. The van der Waals surface area contributed by atoms with Crippen molar-refractivity contribution in [3.05, 3.63) is 64.4 Å². The van der Waals surface area contributed by atoms with Gasteiger partial charge in [0.25, 0.3) is 5.56 Å². The standard InChI is InChI=1S/C19H17N3O2/c1-24-12-6-4-5-11(9-12)16-14(10-20)19(23)22-17-13-7-2-3-8-15(13)21-18(16)17/h2-9,21H,10,20H2,1H3,(H,22,23). The van der Waals surface area contributed by atoms with E-state index in [1.165, 1.54) is 0 Å². The number of pyridine rings is 1. The van der Waals surface area contributed by atoms with E-state index in [0.717, 1.165) is 38.8 Å². The van der Waals surface area contributed by atoms with E-state index in [2.05, 4.69) is 9.97 Å². The largest absolute Gasteiger partial charge is 0.497 e. The fourth-order valence-electron chi connectivity index (χ4n) is 3.20. The van der Waals surface area contributed by atoms with Gasteiger partial charge >= 0.3 is 0 Å². The smallest absolute Gasteiger partial charge is 0.253 e. The lowest BCUT2D eigenvalue weighted by molar-refractivity contribution is 0.415. The zero-order chi connectivity index (χ0) is 16.7. The Morgan fingerprint density at radius 3 is 2.67 bits per heavy atom. The molecule has 2 heterocycles. The molecule has 2 aromatic heterocycles. The number of nitrogens with two attached hydrogens (primary N) is 1. The van der Waals surface area contributed by atoms with Crippen LogP contribution in [0.4, 0.5) is 0 Å². The monoisotopic (exact) mass is 319 g/mol. The number of para-hydroxylation sites is 1. The van der Waals surface area contributed by atoms with Gasteiger partial charge in [0.2, 0.25) is 0 Å². The van der Waals surface area contributed by atoms with Gasteiger partial charge in [-0.25, -0.2) is 0 Å². The fourth-order valence-corrected chi connectivity index (χ4v) is 3.20. The van der Waals surface area contributed by atoms with Crippen LogP contribution in [0.25, 0.3) is 33.1 Å². The SMILES string of the molecule is COc1cccc(-c2c(CN)c(=O)[nH]c3c2[nH]c2ccccc23)c1. The summed E-state index contributed by atoms with van der Waals surface area (Å²) in [6.45, 7) is 0.160. The van der Waals surface area contributed by atoms with Crippen LogP contribution in [0, 0.1) is 0 Å². The van der Waals surface area contributed by atoms with Gasteiger partial charge < -0.3 is 20.4 Å². The predicted octanol–water partition coefficient (Wildman–Crippen LogP) is 3.14. The third-order valence-corrected chi connectivity index (χ3v) is 4.33. The van der Waals surface area contributed by atoms with Crippen LogP contribution >= 0.6 is 0 Å². The van der Waals surface area contributed by atoms with Crippen LogP contribution in [0.15, 0.2) is 53.3 Å². The van der Waals surface area contributed by atoms with E-state index in [9.17, 15) is 4.79 Å². The van der Waals surface area contributed by atoms with Gasteiger partial charge in [-0.3, -0.25) is 4.79 Å². The number of benzene rings is 2. The minimum atomic E-state index is -0.160. The van der Waals surface area contributed by atoms with Crippen LogP contribution in [-0.2, 0) is 6.54 Å². The number of rotatable bonds is 3. The summed E-state index contributed by atoms with van der Waals surface area (Å²) >= 11 is 0. The molecular formula is C19H17N3O2. The van der Waals surface area contributed by atoms with Gasteiger partial charge in [-0.15, -0.1) is 0 Å². The zero-order valence-electron chi connectivity index (χ0n) is 13.2. The molecule has 2 aromatic carbocycles. The van der Waals surface area contributed by atoms with E-state index in [-0.39, 0.29) is 12.1 Å². The molecule has 5 nitrogen and oxygen atoms in total. The highest BCUT2D eigenvalue weighted by Gasteiger charge is 2.17. The minimum Gasteiger partial charge on any atom is -0.497 e. The molecule has 0 saturated carbocycles. The molecule has 0 fully saturated rings. The number of hydrogen-bond acceptors (Lipinski definition) is 3. The van der Waals surface area contributed by atoms with Gasteiger partial charge in [0.05, 0.1) is 18.1 Å². The molecule has 0 aliphatic carbocycles. The van der Waals surface area contributed by atoms with Crippen molar-refractivity contribution in [1.29, 1.82) is 0 Å². The molecular weight excluding hydrogens is 302 g/mol. The lowest BCUT2D eigenvalue weighted by Gasteiger charge is -2.10. The molecule has 0 unspecified atom stereocenters. The van der Waals surface area contributed by atoms with Crippen molar-refractivity contribution < 1.29 is 4.74 Å². The van der Waals surface area contributed by atoms with Gasteiger partial charge in [0.1, 0.15) is 5.75 Å². The maximum atomic E-state index is 12.6. The predicted molar refractivity (Wildman–Crippen MR) is 96.3 cm³/mol. The summed E-state index contributed by atoms with van der Waals surface area (Å²) in [5.41, 5.74) is 10.7. The number of hydrogen-bond donors (Lipinski definition) is 3. The summed E-state index contributed by atoms with van der Waals surface area (Å²) in [6, 6.07) is 15.6. The molecule has 0 radical (unpaired) electrons. The molecule has 120 valence electrons. The highest BCUT2D eigenvalue weighted by atomic mass is 16.5. The van der Waals surface area contributed by atoms with E-state index in [1.54, 1.807) is 7.11 Å². The molecule has 24 heavy (non-hydrogen) atoms. The number of aromatic amines is 2. The van der Waals surface area contributed by atoms with Crippen LogP contribution in [0.3, 0.4) is 0 Å². The summed E-state index contributed by atoms with van der Waals surface area (Å²) in [6.07, 6.45) is 0. The maximum absolute atomic E-state index is 12.6. The van der Waals surface area contributed by atoms with Gasteiger partial charge in [-0.2, -0.15) is 0 Å². The van der Waals surface area contributed by atoms with Crippen LogP contribution in [0.2, 0.25) is 0 Å². The molecule has 5 heteroatoms. The van der Waals surface area contributed by atoms with E-state index in [1.807, 2.05) is 48.5 Å². The van der Waals surface area contributed by atoms with Gasteiger partial charge in [-0.05, 0) is 23.8 Å². The van der Waals surface area contributed by atoms with Crippen molar-refractivity contribution in [3.63, 3.8) is 0 Å². The average Bonchev–Trinajstić information content (AvgIpc) is 2.98. The zero-order valence-corrected chi connectivity index (χ0v) is 13.2. The van der Waals surface area contributed by atoms with Crippen molar-refractivity contribution in [2.24, 2.45) is 5.73 Å². The van der Waals surface area contributed by atoms with Crippen molar-refractivity contribution in [1.82, 2.24) is 9.97 Å². The Hall–Kier alpha value is -3.05. The molecule has 0 atom stereocenters. The Kier molecular flexibility index (Phi) is 3.36. The Balaban J connectivity index is 2.17. The van der Waals surface area contributed by atoms with Crippen LogP contribution in [0.1, 0.15) is 5.56 Å². The number of nitrogens with one attached hydrogen (secondary N) is 2. The molecule has 0 saturated heterocycles. The third-order valence-electron chi connectivity index (χ3n) is 4.33. The van der Waals surface area contributed by atoms with E-state index in [0.29, 0.717) is 5.56 Å². The van der Waals surface area contributed by atoms with Crippen LogP contribution < -0.4 is 16.0 Å². The number of H-pyrrole nitrogens is 2. The van der Waals surface area contributed by atoms with Crippen LogP contribution in [0.5, 0.6) is 5.75 Å². The third kappa shape index (κ3) is 2.10. The Bertz CT molecular complexity index is 1110. The second kappa shape index (κ2) is 5.54. The van der Waals surface area contributed by atoms with Gasteiger partial charge in [-0.1, -0.05) is 30.3 Å². The van der Waals surface area contributed by atoms with Crippen molar-refractivity contribution in [3.8, 4) is 16.9 Å². The fraction of sp³-hybridized carbons (Fsp3) is 0.105. The Labute approximate surface area is 138 Å². The number of ether oxygens (including phenoxy) is 1. The quantitative estimate of drug-likeness (QED) is 0.542. The number of methoxy groups -OCH3 is 1. The lowest BCUT2D eigenvalue weighted by Crippen LogP contribution is -2.17. The molecule has 0 amide bonds. The first-order valence-corrected chi connectivity index (χ1v) is 7.73. The summed E-state index contributed by atoms with van der Waals surface area (Å²) in [5.74, 6) is 0.736. The topological polar surface area (TPSA) is 83.9 Å². The van der Waals surface area contributed by atoms with Gasteiger partial charge in [0.15, 0.2) is 0 Å². The molecule has 4 aromatic rings. The first-order valence-electron chi connectivity index (χ1n) is 7.73. The summed E-state index contributed by atoms with van der Waals surface area (Å²) < 4.78 is 5.32. The highest BCUT2D eigenvalue weighted by molar-refractivity contribution is 6.10. The molecule has 0 aliphatic rings. The van der Waals surface area contributed by atoms with Crippen molar-refractivity contribution >= 4 is 21.9 Å². The summed E-state index contributed by atoms with van der Waals surface area (Å²) in [4.78, 5) is 19.0. The van der Waals surface area contributed by atoms with E-state index in [4.69, 9.17) is 10.5 Å². The number of fused-ring (bicyclic) bond motifs is 3. The van der Waals surface area contributed by atoms with Crippen LogP contribution in [-0.4, -0.2) is 17.1 Å². The minimum absolute atomic E-state index is 0.160. The molecule has 0 aliphatic heterocycles. The number of aromatic nitrogens is 2. The van der Waals surface area contributed by atoms with Crippen molar-refractivity contribution in [2.75, 3.05) is 7.11 Å². The second-order valence-electron chi connectivity index (χ2n) is 5.66. The molecule has 4 N–H and O–H groups in total. The van der Waals surface area contributed by atoms with Crippen molar-refractivity contribution in [2.45, 2.75) is 6.54 Å². The molecule has 4 rings (SSSR count). The average molecular weight is 319 g/mol. The highest BCUT2D eigenvalue weighted by Crippen LogP contribution is 2.34. The summed E-state index contributed by atoms with van der Waals surface area (Å²) in [7, 11) is 1.62. The Morgan fingerprint density at radius 1 is 1.04 bits per heavy atom. The maximum Gasteiger partial charge on any atom is 0.253 e. The molecule has 0 spiro atoms. The molecule has 0 bridgehead atoms. The first-order chi connectivity index (χ1) is 11.7. The lowest BCUT2D eigenvalue weighted by atomic mass is 9.99. The normalized spacial score (nSPS) is 11.2. The van der Waals surface area contributed by atoms with E-state index < -0.39 is 0 Å². The Morgan fingerprint density at radius 2 is 1.88 bits per heavy atom. The van der Waals surface area contributed by atoms with Gasteiger partial charge in [0, 0.05) is 28.6 Å². The van der Waals surface area contributed by atoms with E-state index >= 15 is 0 Å². The second-order valence-corrected chi connectivity index (χ2v) is 5.66.